The summed E-state index contributed by atoms with van der Waals surface area (Å²) in [4.78, 5) is 31.7. The standard InChI is InChI=1S/C20H27NO6/c1-4-25-18(22)20(19(23)26-5-2)11-14-12-27-21-16(14)15(20)17(24-3)13-9-7-6-8-10-13/h6-10,14-17,21H,4-5,11-12H2,1-3H3/t14-,15+,16+,17-/m0/s1. The van der Waals surface area contributed by atoms with Crippen molar-refractivity contribution in [2.45, 2.75) is 32.4 Å². The van der Waals surface area contributed by atoms with E-state index in [9.17, 15) is 9.59 Å². The molecule has 7 heteroatoms. The molecule has 7 nitrogen and oxygen atoms in total. The lowest BCUT2D eigenvalue weighted by molar-refractivity contribution is -0.181. The van der Waals surface area contributed by atoms with Crippen molar-refractivity contribution in [2.24, 2.45) is 17.3 Å². The van der Waals surface area contributed by atoms with Gasteiger partial charge in [-0.2, -0.15) is 5.48 Å². The summed E-state index contributed by atoms with van der Waals surface area (Å²) in [7, 11) is 1.59. The molecular formula is C20H27NO6. The van der Waals surface area contributed by atoms with Crippen LogP contribution in [0.5, 0.6) is 0 Å². The molecule has 1 saturated heterocycles. The Bertz CT molecular complexity index is 646. The van der Waals surface area contributed by atoms with Crippen LogP contribution in [-0.2, 0) is 28.6 Å². The fourth-order valence-electron chi connectivity index (χ4n) is 4.48. The first-order valence-corrected chi connectivity index (χ1v) is 9.39. The average molecular weight is 377 g/mol. The van der Waals surface area contributed by atoms with Gasteiger partial charge in [-0.3, -0.25) is 9.59 Å². The van der Waals surface area contributed by atoms with Crippen molar-refractivity contribution in [3.8, 4) is 0 Å². The average Bonchev–Trinajstić information content (AvgIpc) is 3.24. The Kier molecular flexibility index (Phi) is 6.14. The van der Waals surface area contributed by atoms with Crippen LogP contribution in [-0.4, -0.2) is 44.9 Å². The van der Waals surface area contributed by atoms with Crippen LogP contribution in [0, 0.1) is 17.3 Å². The van der Waals surface area contributed by atoms with Crippen molar-refractivity contribution in [1.82, 2.24) is 5.48 Å². The van der Waals surface area contributed by atoms with Crippen LogP contribution in [0.25, 0.3) is 0 Å². The molecule has 1 saturated carbocycles. The van der Waals surface area contributed by atoms with Gasteiger partial charge in [-0.05, 0) is 25.8 Å². The van der Waals surface area contributed by atoms with E-state index in [0.717, 1.165) is 5.56 Å². The van der Waals surface area contributed by atoms with Gasteiger partial charge >= 0.3 is 11.9 Å². The zero-order chi connectivity index (χ0) is 19.4. The first kappa shape index (κ1) is 19.8. The second-order valence-corrected chi connectivity index (χ2v) is 6.92. The number of methoxy groups -OCH3 is 1. The highest BCUT2D eigenvalue weighted by Gasteiger charge is 2.68. The maximum atomic E-state index is 13.1. The molecule has 2 fully saturated rings. The Morgan fingerprint density at radius 3 is 2.37 bits per heavy atom. The second-order valence-electron chi connectivity index (χ2n) is 6.92. The summed E-state index contributed by atoms with van der Waals surface area (Å²) in [6.07, 6.45) is -0.191. The lowest BCUT2D eigenvalue weighted by Gasteiger charge is -2.37. The predicted molar refractivity (Wildman–Crippen MR) is 96.4 cm³/mol. The minimum absolute atomic E-state index is 0.00910. The number of carbonyl (C=O) groups excluding carboxylic acids is 2. The van der Waals surface area contributed by atoms with Crippen molar-refractivity contribution >= 4 is 11.9 Å². The first-order valence-electron chi connectivity index (χ1n) is 9.39. The number of hydrogen-bond donors (Lipinski definition) is 1. The van der Waals surface area contributed by atoms with Gasteiger partial charge in [0.25, 0.3) is 0 Å². The van der Waals surface area contributed by atoms with Crippen LogP contribution in [0.3, 0.4) is 0 Å². The summed E-state index contributed by atoms with van der Waals surface area (Å²) in [6, 6.07) is 9.36. The number of fused-ring (bicyclic) bond motifs is 1. The molecule has 1 aliphatic carbocycles. The van der Waals surface area contributed by atoms with Crippen LogP contribution in [0.1, 0.15) is 31.9 Å². The first-order chi connectivity index (χ1) is 13.1. The van der Waals surface area contributed by atoms with E-state index in [2.05, 4.69) is 5.48 Å². The third-order valence-corrected chi connectivity index (χ3v) is 5.55. The Labute approximate surface area is 159 Å². The van der Waals surface area contributed by atoms with E-state index in [-0.39, 0.29) is 25.2 Å². The van der Waals surface area contributed by atoms with E-state index < -0.39 is 29.4 Å². The fourth-order valence-corrected chi connectivity index (χ4v) is 4.48. The van der Waals surface area contributed by atoms with Crippen LogP contribution >= 0.6 is 0 Å². The van der Waals surface area contributed by atoms with Crippen molar-refractivity contribution in [1.29, 1.82) is 0 Å². The van der Waals surface area contributed by atoms with Crippen LogP contribution in [0.4, 0.5) is 0 Å². The molecule has 1 heterocycles. The molecular weight excluding hydrogens is 350 g/mol. The van der Waals surface area contributed by atoms with E-state index in [0.29, 0.717) is 13.0 Å². The molecule has 0 amide bonds. The molecule has 1 aliphatic heterocycles. The number of carbonyl (C=O) groups is 2. The maximum Gasteiger partial charge on any atom is 0.323 e. The Balaban J connectivity index is 2.11. The highest BCUT2D eigenvalue weighted by molar-refractivity contribution is 6.01. The van der Waals surface area contributed by atoms with E-state index in [1.165, 1.54) is 0 Å². The van der Waals surface area contributed by atoms with E-state index in [1.54, 1.807) is 21.0 Å². The summed E-state index contributed by atoms with van der Waals surface area (Å²) >= 11 is 0. The smallest absolute Gasteiger partial charge is 0.323 e. The van der Waals surface area contributed by atoms with Crippen molar-refractivity contribution in [3.63, 3.8) is 0 Å². The van der Waals surface area contributed by atoms with Gasteiger partial charge in [0.2, 0.25) is 0 Å². The number of ether oxygens (including phenoxy) is 3. The van der Waals surface area contributed by atoms with Gasteiger partial charge in [0.15, 0.2) is 5.41 Å². The summed E-state index contributed by atoms with van der Waals surface area (Å²) < 4.78 is 16.5. The maximum absolute atomic E-state index is 13.1. The number of hydroxylamine groups is 1. The van der Waals surface area contributed by atoms with Crippen molar-refractivity contribution in [2.75, 3.05) is 26.9 Å². The molecule has 27 heavy (non-hydrogen) atoms. The Hall–Kier alpha value is -1.96. The van der Waals surface area contributed by atoms with E-state index in [4.69, 9.17) is 19.0 Å². The number of esters is 2. The molecule has 1 aromatic carbocycles. The van der Waals surface area contributed by atoms with Gasteiger partial charge < -0.3 is 19.0 Å². The second kappa shape index (κ2) is 8.37. The molecule has 1 aromatic rings. The molecule has 1 N–H and O–H groups in total. The molecule has 0 radical (unpaired) electrons. The van der Waals surface area contributed by atoms with Crippen LogP contribution in [0.2, 0.25) is 0 Å². The van der Waals surface area contributed by atoms with Gasteiger partial charge in [0, 0.05) is 25.0 Å². The zero-order valence-corrected chi connectivity index (χ0v) is 16.0. The Morgan fingerprint density at radius 2 is 1.81 bits per heavy atom. The van der Waals surface area contributed by atoms with Crippen LogP contribution in [0.15, 0.2) is 30.3 Å². The molecule has 0 spiro atoms. The third kappa shape index (κ3) is 3.35. The highest BCUT2D eigenvalue weighted by atomic mass is 16.7. The SMILES string of the molecule is CCOC(=O)C1(C(=O)OCC)C[C@H]2CON[C@H]2[C@@H]1[C@@H](OC)c1ccccc1. The lowest BCUT2D eigenvalue weighted by Crippen LogP contribution is -2.51. The topological polar surface area (TPSA) is 83.1 Å². The monoisotopic (exact) mass is 377 g/mol. The number of benzene rings is 1. The molecule has 148 valence electrons. The van der Waals surface area contributed by atoms with E-state index in [1.807, 2.05) is 30.3 Å². The third-order valence-electron chi connectivity index (χ3n) is 5.55. The van der Waals surface area contributed by atoms with Crippen molar-refractivity contribution in [3.05, 3.63) is 35.9 Å². The van der Waals surface area contributed by atoms with Crippen molar-refractivity contribution < 1.29 is 28.6 Å². The molecule has 0 bridgehead atoms. The minimum Gasteiger partial charge on any atom is -0.465 e. The predicted octanol–water partition coefficient (Wildman–Crippen LogP) is 2.03. The highest BCUT2D eigenvalue weighted by Crippen LogP contribution is 2.55. The molecule has 0 aromatic heterocycles. The van der Waals surface area contributed by atoms with Gasteiger partial charge in [-0.25, -0.2) is 0 Å². The van der Waals surface area contributed by atoms with Gasteiger partial charge in [-0.15, -0.1) is 0 Å². The minimum atomic E-state index is -1.44. The lowest BCUT2D eigenvalue weighted by atomic mass is 9.72. The van der Waals surface area contributed by atoms with Crippen LogP contribution < -0.4 is 5.48 Å². The molecule has 3 rings (SSSR count). The number of hydrogen-bond acceptors (Lipinski definition) is 7. The molecule has 0 unspecified atom stereocenters. The molecule has 4 atom stereocenters. The zero-order valence-electron chi connectivity index (χ0n) is 16.0. The summed E-state index contributed by atoms with van der Waals surface area (Å²) in [5.41, 5.74) is 2.46. The van der Waals surface area contributed by atoms with Gasteiger partial charge in [-0.1, -0.05) is 30.3 Å². The largest absolute Gasteiger partial charge is 0.465 e. The van der Waals surface area contributed by atoms with Gasteiger partial charge in [0.1, 0.15) is 0 Å². The van der Waals surface area contributed by atoms with E-state index >= 15 is 0 Å². The number of rotatable bonds is 7. The quantitative estimate of drug-likeness (QED) is 0.575. The molecule has 2 aliphatic rings. The number of nitrogens with one attached hydrogen (secondary N) is 1. The summed E-state index contributed by atoms with van der Waals surface area (Å²) in [5, 5.41) is 0. The Morgan fingerprint density at radius 1 is 1.19 bits per heavy atom. The summed E-state index contributed by atoms with van der Waals surface area (Å²) in [6.45, 7) is 4.26. The van der Waals surface area contributed by atoms with Gasteiger partial charge in [0.05, 0.1) is 25.9 Å². The summed E-state index contributed by atoms with van der Waals surface area (Å²) in [5.74, 6) is -1.63. The fraction of sp³-hybridized carbons (Fsp3) is 0.600. The normalized spacial score (nSPS) is 27.0.